The molecule has 0 N–H and O–H groups in total. The Labute approximate surface area is 150 Å². The van der Waals surface area contributed by atoms with Crippen molar-refractivity contribution in [2.75, 3.05) is 6.61 Å². The first-order valence-electron chi connectivity index (χ1n) is 7.66. The van der Waals surface area contributed by atoms with Gasteiger partial charge in [0.2, 0.25) is 0 Å². The molecule has 0 radical (unpaired) electrons. The Kier molecular flexibility index (Phi) is 4.58. The van der Waals surface area contributed by atoms with Crippen molar-refractivity contribution in [2.45, 2.75) is 18.7 Å². The lowest BCUT2D eigenvalue weighted by atomic mass is 10.2. The lowest BCUT2D eigenvalue weighted by Gasteiger charge is -2.11. The molecule has 0 unspecified atom stereocenters. The van der Waals surface area contributed by atoms with Crippen molar-refractivity contribution in [2.24, 2.45) is 0 Å². The highest BCUT2D eigenvalue weighted by Crippen LogP contribution is 2.34. The lowest BCUT2D eigenvalue weighted by molar-refractivity contribution is 0.0519. The second kappa shape index (κ2) is 6.54. The van der Waals surface area contributed by atoms with E-state index in [1.165, 1.54) is 12.1 Å². The molecule has 0 bridgehead atoms. The second-order valence-corrected chi connectivity index (χ2v) is 7.65. The molecule has 130 valence electrons. The number of esters is 1. The lowest BCUT2D eigenvalue weighted by Crippen LogP contribution is -2.20. The highest BCUT2D eigenvalue weighted by Gasteiger charge is 2.30. The number of nitrogens with zero attached hydrogens (tertiary/aromatic N) is 1. The summed E-state index contributed by atoms with van der Waals surface area (Å²) < 4.78 is 32.4. The first kappa shape index (κ1) is 17.5. The standard InChI is InChI=1S/C18H16ClNO4S/c1-3-24-18(21)17-16(19)14-6-4-5-7-15(14)20(17)25(22,23)13-10-8-12(2)9-11-13/h4-11H,3H2,1-2H3. The van der Waals surface area contributed by atoms with Crippen LogP contribution < -0.4 is 0 Å². The van der Waals surface area contributed by atoms with Gasteiger partial charge in [0.1, 0.15) is 0 Å². The van der Waals surface area contributed by atoms with Crippen LogP contribution in [-0.2, 0) is 14.8 Å². The van der Waals surface area contributed by atoms with Crippen LogP contribution in [0.4, 0.5) is 0 Å². The summed E-state index contributed by atoms with van der Waals surface area (Å²) in [5.41, 5.74) is 1.07. The maximum absolute atomic E-state index is 13.2. The molecule has 5 nitrogen and oxygen atoms in total. The molecule has 0 aliphatic rings. The molecular weight excluding hydrogens is 362 g/mol. The van der Waals surface area contributed by atoms with Crippen molar-refractivity contribution in [1.29, 1.82) is 0 Å². The van der Waals surface area contributed by atoms with Crippen LogP contribution in [0.2, 0.25) is 5.02 Å². The van der Waals surface area contributed by atoms with Gasteiger partial charge in [0.05, 0.1) is 22.0 Å². The fourth-order valence-corrected chi connectivity index (χ4v) is 4.50. The van der Waals surface area contributed by atoms with E-state index in [-0.39, 0.29) is 22.2 Å². The van der Waals surface area contributed by atoms with Gasteiger partial charge in [-0.05, 0) is 32.0 Å². The first-order chi connectivity index (χ1) is 11.9. The van der Waals surface area contributed by atoms with Crippen LogP contribution in [0.5, 0.6) is 0 Å². The smallest absolute Gasteiger partial charge is 0.357 e. The molecule has 0 aliphatic carbocycles. The summed E-state index contributed by atoms with van der Waals surface area (Å²) in [6, 6.07) is 13.1. The number of benzene rings is 2. The average Bonchev–Trinajstić information content (AvgIpc) is 2.89. The summed E-state index contributed by atoms with van der Waals surface area (Å²) in [5, 5.41) is 0.535. The van der Waals surface area contributed by atoms with E-state index in [1.807, 2.05) is 6.92 Å². The first-order valence-corrected chi connectivity index (χ1v) is 9.48. The number of hydrogen-bond donors (Lipinski definition) is 0. The van der Waals surface area contributed by atoms with Gasteiger partial charge >= 0.3 is 5.97 Å². The molecule has 0 atom stereocenters. The highest BCUT2D eigenvalue weighted by atomic mass is 35.5. The van der Waals surface area contributed by atoms with E-state index < -0.39 is 16.0 Å². The van der Waals surface area contributed by atoms with Crippen LogP contribution in [0.15, 0.2) is 53.4 Å². The van der Waals surface area contributed by atoms with Crippen LogP contribution >= 0.6 is 11.6 Å². The predicted molar refractivity (Wildman–Crippen MR) is 96.7 cm³/mol. The van der Waals surface area contributed by atoms with Crippen molar-refractivity contribution >= 4 is 38.5 Å². The minimum atomic E-state index is -4.02. The van der Waals surface area contributed by atoms with Crippen molar-refractivity contribution in [3.63, 3.8) is 0 Å². The van der Waals surface area contributed by atoms with Gasteiger partial charge in [-0.25, -0.2) is 17.2 Å². The van der Waals surface area contributed by atoms with E-state index in [2.05, 4.69) is 0 Å². The zero-order valence-corrected chi connectivity index (χ0v) is 15.3. The van der Waals surface area contributed by atoms with Gasteiger partial charge in [-0.2, -0.15) is 0 Å². The molecule has 2 aromatic carbocycles. The number of aryl methyl sites for hydroxylation is 1. The van der Waals surface area contributed by atoms with Crippen LogP contribution in [-0.4, -0.2) is 25.0 Å². The van der Waals surface area contributed by atoms with E-state index in [0.29, 0.717) is 10.9 Å². The summed E-state index contributed by atoms with van der Waals surface area (Å²) in [4.78, 5) is 12.5. The van der Waals surface area contributed by atoms with E-state index in [0.717, 1.165) is 9.54 Å². The van der Waals surface area contributed by atoms with Crippen LogP contribution in [0.1, 0.15) is 23.0 Å². The largest absolute Gasteiger partial charge is 0.461 e. The summed E-state index contributed by atoms with van der Waals surface area (Å²) in [5.74, 6) is -0.778. The SMILES string of the molecule is CCOC(=O)c1c(Cl)c2ccccc2n1S(=O)(=O)c1ccc(C)cc1. The van der Waals surface area contributed by atoms with E-state index >= 15 is 0 Å². The van der Waals surface area contributed by atoms with Gasteiger partial charge in [-0.15, -0.1) is 0 Å². The van der Waals surface area contributed by atoms with Crippen molar-refractivity contribution in [1.82, 2.24) is 3.97 Å². The number of rotatable bonds is 4. The summed E-state index contributed by atoms with van der Waals surface area (Å²) >= 11 is 6.33. The number of carbonyl (C=O) groups is 1. The Balaban J connectivity index is 2.36. The predicted octanol–water partition coefficient (Wildman–Crippen LogP) is 4.02. The van der Waals surface area contributed by atoms with E-state index in [9.17, 15) is 13.2 Å². The molecule has 3 rings (SSSR count). The monoisotopic (exact) mass is 377 g/mol. The molecule has 1 heterocycles. The maximum Gasteiger partial charge on any atom is 0.357 e. The third-order valence-corrected chi connectivity index (χ3v) is 5.91. The quantitative estimate of drug-likeness (QED) is 0.644. The Morgan fingerprint density at radius 2 is 1.76 bits per heavy atom. The van der Waals surface area contributed by atoms with Crippen molar-refractivity contribution in [3.05, 3.63) is 64.8 Å². The van der Waals surface area contributed by atoms with E-state index in [4.69, 9.17) is 16.3 Å². The topological polar surface area (TPSA) is 65.4 Å². The number of aromatic nitrogens is 1. The summed E-state index contributed by atoms with van der Waals surface area (Å²) in [6.45, 7) is 3.62. The molecule has 3 aromatic rings. The third kappa shape index (κ3) is 2.92. The Morgan fingerprint density at radius 3 is 2.40 bits per heavy atom. The molecular formula is C18H16ClNO4S. The van der Waals surface area contributed by atoms with E-state index in [1.54, 1.807) is 43.3 Å². The Bertz CT molecular complexity index is 1050. The van der Waals surface area contributed by atoms with Gasteiger partial charge in [0.25, 0.3) is 10.0 Å². The average molecular weight is 378 g/mol. The van der Waals surface area contributed by atoms with Gasteiger partial charge < -0.3 is 4.74 Å². The summed E-state index contributed by atoms with van der Waals surface area (Å²) in [7, 11) is -4.02. The van der Waals surface area contributed by atoms with Crippen LogP contribution in [0.25, 0.3) is 10.9 Å². The Morgan fingerprint density at radius 1 is 1.12 bits per heavy atom. The molecule has 0 spiro atoms. The van der Waals surface area contributed by atoms with Crippen LogP contribution in [0.3, 0.4) is 0 Å². The highest BCUT2D eigenvalue weighted by molar-refractivity contribution is 7.90. The van der Waals surface area contributed by atoms with Gasteiger partial charge in [0, 0.05) is 5.39 Å². The third-order valence-electron chi connectivity index (χ3n) is 3.80. The zero-order valence-electron chi connectivity index (χ0n) is 13.7. The minimum Gasteiger partial charge on any atom is -0.461 e. The molecule has 25 heavy (non-hydrogen) atoms. The number of halogens is 1. The van der Waals surface area contributed by atoms with Crippen LogP contribution in [0, 0.1) is 6.92 Å². The normalized spacial score (nSPS) is 11.6. The zero-order chi connectivity index (χ0) is 18.2. The fourth-order valence-electron chi connectivity index (χ4n) is 2.61. The molecule has 0 fully saturated rings. The molecule has 0 aliphatic heterocycles. The van der Waals surface area contributed by atoms with Gasteiger partial charge in [-0.1, -0.05) is 47.5 Å². The molecule has 1 aromatic heterocycles. The second-order valence-electron chi connectivity index (χ2n) is 5.48. The maximum atomic E-state index is 13.2. The summed E-state index contributed by atoms with van der Waals surface area (Å²) in [6.07, 6.45) is 0. The molecule has 0 amide bonds. The fraction of sp³-hybridized carbons (Fsp3) is 0.167. The number of para-hydroxylation sites is 1. The van der Waals surface area contributed by atoms with Gasteiger partial charge in [-0.3, -0.25) is 0 Å². The molecule has 0 saturated carbocycles. The number of hydrogen-bond acceptors (Lipinski definition) is 4. The molecule has 7 heteroatoms. The van der Waals surface area contributed by atoms with Crippen molar-refractivity contribution in [3.8, 4) is 0 Å². The Hall–Kier alpha value is -2.31. The number of ether oxygens (including phenoxy) is 1. The minimum absolute atomic E-state index is 0.0599. The molecule has 0 saturated heterocycles. The number of fused-ring (bicyclic) bond motifs is 1. The van der Waals surface area contributed by atoms with Gasteiger partial charge in [0.15, 0.2) is 5.69 Å². The van der Waals surface area contributed by atoms with Crippen molar-refractivity contribution < 1.29 is 17.9 Å². The number of carbonyl (C=O) groups excluding carboxylic acids is 1.